The lowest BCUT2D eigenvalue weighted by Gasteiger charge is -2.30. The number of ether oxygens (including phenoxy) is 3. The van der Waals surface area contributed by atoms with E-state index in [1.165, 1.54) is 6.20 Å². The predicted molar refractivity (Wildman–Crippen MR) is 109 cm³/mol. The Balaban J connectivity index is 1.73. The average molecular weight is 400 g/mol. The van der Waals surface area contributed by atoms with Crippen molar-refractivity contribution in [1.82, 2.24) is 9.97 Å². The number of aldehydes is 2. The summed E-state index contributed by atoms with van der Waals surface area (Å²) in [4.78, 5) is 29.3. The van der Waals surface area contributed by atoms with Crippen molar-refractivity contribution in [1.29, 1.82) is 0 Å². The largest absolute Gasteiger partial charge is 0.492 e. The lowest BCUT2D eigenvalue weighted by molar-refractivity contribution is -0.0502. The number of nitrogens with zero attached hydrogens (tertiary/aromatic N) is 2. The molecule has 0 atom stereocenters. The molecule has 7 heteroatoms. The average Bonchev–Trinajstić information content (AvgIpc) is 2.68. The highest BCUT2D eigenvalue weighted by Crippen LogP contribution is 2.23. The summed E-state index contributed by atoms with van der Waals surface area (Å²) in [5.74, 6) is 1.23. The molecular weight excluding hydrogens is 372 g/mol. The number of hydrogen-bond donors (Lipinski definition) is 0. The van der Waals surface area contributed by atoms with E-state index in [1.54, 1.807) is 30.5 Å². The van der Waals surface area contributed by atoms with E-state index in [2.05, 4.69) is 9.97 Å². The van der Waals surface area contributed by atoms with E-state index in [4.69, 9.17) is 14.2 Å². The van der Waals surface area contributed by atoms with Crippen LogP contribution in [0.3, 0.4) is 0 Å². The van der Waals surface area contributed by atoms with Crippen molar-refractivity contribution in [2.45, 2.75) is 51.7 Å². The maximum absolute atomic E-state index is 10.7. The molecule has 29 heavy (non-hydrogen) atoms. The van der Waals surface area contributed by atoms with E-state index < -0.39 is 5.60 Å². The smallest absolute Gasteiger partial charge is 0.168 e. The van der Waals surface area contributed by atoms with Crippen LogP contribution in [0.25, 0.3) is 0 Å². The van der Waals surface area contributed by atoms with Gasteiger partial charge in [0.2, 0.25) is 0 Å². The second-order valence-electron chi connectivity index (χ2n) is 7.89. The molecule has 2 aromatic heterocycles. The molecule has 0 amide bonds. The predicted octanol–water partition coefficient (Wildman–Crippen LogP) is 3.91. The Bertz CT molecular complexity index is 786. The van der Waals surface area contributed by atoms with Crippen molar-refractivity contribution >= 4 is 12.6 Å². The Labute approximate surface area is 171 Å². The molecule has 0 fully saturated rings. The highest BCUT2D eigenvalue weighted by molar-refractivity contribution is 5.72. The van der Waals surface area contributed by atoms with Crippen LogP contribution >= 0.6 is 0 Å². The van der Waals surface area contributed by atoms with Gasteiger partial charge in [0.15, 0.2) is 12.6 Å². The zero-order valence-electron chi connectivity index (χ0n) is 17.4. The molecule has 2 rings (SSSR count). The fraction of sp³-hybridized carbons (Fsp3) is 0.455. The van der Waals surface area contributed by atoms with Crippen LogP contribution < -0.4 is 9.47 Å². The number of pyridine rings is 2. The molecule has 0 aliphatic carbocycles. The van der Waals surface area contributed by atoms with Crippen molar-refractivity contribution in [3.63, 3.8) is 0 Å². The quantitative estimate of drug-likeness (QED) is 0.499. The molecule has 0 aliphatic heterocycles. The molecule has 2 heterocycles. The third-order valence-electron chi connectivity index (χ3n) is 4.32. The van der Waals surface area contributed by atoms with E-state index in [9.17, 15) is 9.59 Å². The molecule has 0 bridgehead atoms. The maximum atomic E-state index is 10.7. The molecule has 0 aromatic carbocycles. The third-order valence-corrected chi connectivity index (χ3v) is 4.32. The third kappa shape index (κ3) is 7.99. The highest BCUT2D eigenvalue weighted by atomic mass is 16.5. The van der Waals surface area contributed by atoms with E-state index >= 15 is 0 Å². The van der Waals surface area contributed by atoms with Crippen LogP contribution in [0.2, 0.25) is 0 Å². The van der Waals surface area contributed by atoms with Crippen LogP contribution in [0.4, 0.5) is 0 Å². The van der Waals surface area contributed by atoms with Crippen molar-refractivity contribution in [3.8, 4) is 11.5 Å². The van der Waals surface area contributed by atoms with Gasteiger partial charge in [0.25, 0.3) is 0 Å². The molecule has 7 nitrogen and oxygen atoms in total. The monoisotopic (exact) mass is 400 g/mol. The molecule has 0 aliphatic rings. The topological polar surface area (TPSA) is 87.6 Å². The lowest BCUT2D eigenvalue weighted by atomic mass is 10.0. The minimum atomic E-state index is -0.442. The molecule has 2 aromatic rings. The second-order valence-corrected chi connectivity index (χ2v) is 7.89. The van der Waals surface area contributed by atoms with Gasteiger partial charge in [-0.05, 0) is 52.0 Å². The molecular formula is C22H28N2O5. The number of rotatable bonds is 12. The fourth-order valence-corrected chi connectivity index (χ4v) is 2.50. The number of carbonyl (C=O) groups is 2. The summed E-state index contributed by atoms with van der Waals surface area (Å²) in [5, 5.41) is 0. The van der Waals surface area contributed by atoms with Crippen molar-refractivity contribution in [3.05, 3.63) is 48.0 Å². The number of aromatic nitrogens is 2. The standard InChI is InChI=1S/C22H28N2O5/c1-21(2,9-11-27-19-7-5-17(15-25)23-13-19)28-12-10-22(3,4)29-20-8-6-18(16-26)24-14-20/h5-8,13-16H,9-12H2,1-4H3. The summed E-state index contributed by atoms with van der Waals surface area (Å²) in [7, 11) is 0. The van der Waals surface area contributed by atoms with Gasteiger partial charge in [0.1, 0.15) is 28.5 Å². The van der Waals surface area contributed by atoms with E-state index in [0.29, 0.717) is 61.5 Å². The first kappa shape index (κ1) is 22.5. The Morgan fingerprint density at radius 3 is 1.86 bits per heavy atom. The second kappa shape index (κ2) is 10.1. The summed E-state index contributed by atoms with van der Waals surface area (Å²) < 4.78 is 17.7. The first-order valence-corrected chi connectivity index (χ1v) is 9.51. The fourth-order valence-electron chi connectivity index (χ4n) is 2.50. The Morgan fingerprint density at radius 2 is 1.34 bits per heavy atom. The minimum Gasteiger partial charge on any atom is -0.492 e. The van der Waals surface area contributed by atoms with E-state index in [0.717, 1.165) is 0 Å². The van der Waals surface area contributed by atoms with Gasteiger partial charge < -0.3 is 14.2 Å². The Kier molecular flexibility index (Phi) is 7.84. The van der Waals surface area contributed by atoms with E-state index in [1.807, 2.05) is 27.7 Å². The number of hydrogen-bond acceptors (Lipinski definition) is 7. The van der Waals surface area contributed by atoms with Gasteiger partial charge in [-0.2, -0.15) is 0 Å². The van der Waals surface area contributed by atoms with Crippen LogP contribution in [-0.4, -0.2) is 47.0 Å². The molecule has 0 radical (unpaired) electrons. The van der Waals surface area contributed by atoms with Gasteiger partial charge in [-0.1, -0.05) is 0 Å². The van der Waals surface area contributed by atoms with Crippen molar-refractivity contribution < 1.29 is 23.8 Å². The van der Waals surface area contributed by atoms with Crippen LogP contribution in [0.15, 0.2) is 36.7 Å². The molecule has 0 unspecified atom stereocenters. The summed E-state index contributed by atoms with van der Waals surface area (Å²) in [6.45, 7) is 8.99. The van der Waals surface area contributed by atoms with Gasteiger partial charge >= 0.3 is 0 Å². The molecule has 0 saturated heterocycles. The normalized spacial score (nSPS) is 11.7. The highest BCUT2D eigenvalue weighted by Gasteiger charge is 2.24. The summed E-state index contributed by atoms with van der Waals surface area (Å²) in [6.07, 6.45) is 5.86. The first-order chi connectivity index (χ1) is 13.7. The SMILES string of the molecule is CC(C)(CCOc1ccc(C=O)nc1)OCCC(C)(C)Oc1ccc(C=O)nc1. The summed E-state index contributed by atoms with van der Waals surface area (Å²) in [5.41, 5.74) is -0.0539. The lowest BCUT2D eigenvalue weighted by Crippen LogP contribution is -2.33. The van der Waals surface area contributed by atoms with Gasteiger partial charge in [0, 0.05) is 12.8 Å². The van der Waals surface area contributed by atoms with E-state index in [-0.39, 0.29) is 5.60 Å². The zero-order chi connectivity index (χ0) is 21.3. The van der Waals surface area contributed by atoms with Gasteiger partial charge in [-0.15, -0.1) is 0 Å². The summed E-state index contributed by atoms with van der Waals surface area (Å²) in [6, 6.07) is 6.70. The Morgan fingerprint density at radius 1 is 0.793 bits per heavy atom. The maximum Gasteiger partial charge on any atom is 0.168 e. The summed E-state index contributed by atoms with van der Waals surface area (Å²) >= 11 is 0. The van der Waals surface area contributed by atoms with Crippen LogP contribution in [0.1, 0.15) is 61.5 Å². The van der Waals surface area contributed by atoms with Gasteiger partial charge in [0.05, 0.1) is 31.2 Å². The van der Waals surface area contributed by atoms with Crippen LogP contribution in [0, 0.1) is 0 Å². The first-order valence-electron chi connectivity index (χ1n) is 9.51. The van der Waals surface area contributed by atoms with Gasteiger partial charge in [-0.25, -0.2) is 9.97 Å². The van der Waals surface area contributed by atoms with Crippen molar-refractivity contribution in [2.75, 3.05) is 13.2 Å². The molecule has 156 valence electrons. The molecule has 0 saturated carbocycles. The van der Waals surface area contributed by atoms with Gasteiger partial charge in [-0.3, -0.25) is 9.59 Å². The Hall–Kier alpha value is -2.80. The van der Waals surface area contributed by atoms with Crippen LogP contribution in [-0.2, 0) is 4.74 Å². The molecule has 0 N–H and O–H groups in total. The number of carbonyl (C=O) groups excluding carboxylic acids is 2. The minimum absolute atomic E-state index is 0.362. The van der Waals surface area contributed by atoms with Crippen LogP contribution in [0.5, 0.6) is 11.5 Å². The molecule has 0 spiro atoms. The van der Waals surface area contributed by atoms with Crippen molar-refractivity contribution in [2.24, 2.45) is 0 Å². The zero-order valence-corrected chi connectivity index (χ0v) is 17.4.